The van der Waals surface area contributed by atoms with Crippen LogP contribution in [0.1, 0.15) is 11.1 Å². The molecule has 138 valence electrons. The number of nitrogens with zero attached hydrogens (tertiary/aromatic N) is 2. The van der Waals surface area contributed by atoms with Gasteiger partial charge >= 0.3 is 6.03 Å². The first-order valence-corrected chi connectivity index (χ1v) is 8.77. The molecule has 0 unspecified atom stereocenters. The molecule has 0 aliphatic carbocycles. The Kier molecular flexibility index (Phi) is 5.61. The summed E-state index contributed by atoms with van der Waals surface area (Å²) in [4.78, 5) is 16.0. The molecule has 0 aromatic heterocycles. The van der Waals surface area contributed by atoms with Gasteiger partial charge in [-0.05, 0) is 37.6 Å². The molecule has 3 rings (SSSR count). The van der Waals surface area contributed by atoms with Crippen LogP contribution in [0.15, 0.2) is 42.5 Å². The maximum absolute atomic E-state index is 13.9. The predicted octanol–water partition coefficient (Wildman–Crippen LogP) is 3.31. The molecule has 6 heteroatoms. The Hall–Kier alpha value is -2.76. The van der Waals surface area contributed by atoms with Crippen LogP contribution in [0, 0.1) is 19.7 Å². The number of rotatable bonds is 4. The van der Waals surface area contributed by atoms with Crippen molar-refractivity contribution in [2.45, 2.75) is 13.8 Å². The average Bonchev–Trinajstić information content (AvgIpc) is 2.64. The molecule has 1 aliphatic rings. The number of hydrogen-bond donors (Lipinski definition) is 1. The van der Waals surface area contributed by atoms with Gasteiger partial charge in [-0.1, -0.05) is 29.8 Å². The van der Waals surface area contributed by atoms with Crippen LogP contribution in [0.3, 0.4) is 0 Å². The third-order valence-electron chi connectivity index (χ3n) is 4.54. The largest absolute Gasteiger partial charge is 0.473 e. The number of amides is 2. The van der Waals surface area contributed by atoms with Crippen molar-refractivity contribution in [3.05, 3.63) is 59.4 Å². The van der Waals surface area contributed by atoms with E-state index < -0.39 is 0 Å². The van der Waals surface area contributed by atoms with Gasteiger partial charge in [0.2, 0.25) is 0 Å². The van der Waals surface area contributed by atoms with Crippen LogP contribution in [0.4, 0.5) is 14.9 Å². The summed E-state index contributed by atoms with van der Waals surface area (Å²) in [5, 5.41) is 2.78. The molecule has 1 aliphatic heterocycles. The molecular weight excluding hydrogens is 333 g/mol. The number of hydrogen-bond acceptors (Lipinski definition) is 3. The molecule has 26 heavy (non-hydrogen) atoms. The normalized spacial score (nSPS) is 14.3. The minimum absolute atomic E-state index is 0.121. The summed E-state index contributed by atoms with van der Waals surface area (Å²) in [7, 11) is 0. The summed E-state index contributed by atoms with van der Waals surface area (Å²) >= 11 is 0. The summed E-state index contributed by atoms with van der Waals surface area (Å²) in [6, 6.07) is 12.5. The van der Waals surface area contributed by atoms with Crippen LogP contribution >= 0.6 is 0 Å². The van der Waals surface area contributed by atoms with Gasteiger partial charge in [0.25, 0.3) is 0 Å². The van der Waals surface area contributed by atoms with Crippen LogP contribution in [-0.2, 0) is 0 Å². The summed E-state index contributed by atoms with van der Waals surface area (Å²) in [5.74, 6) is 0.535. The summed E-state index contributed by atoms with van der Waals surface area (Å²) in [5.41, 5.74) is 2.80. The van der Waals surface area contributed by atoms with Crippen molar-refractivity contribution in [2.75, 3.05) is 37.8 Å². The summed E-state index contributed by atoms with van der Waals surface area (Å²) < 4.78 is 19.5. The lowest BCUT2D eigenvalue weighted by molar-refractivity contribution is 0.181. The molecule has 1 fully saturated rings. The standard InChI is InChI=1S/C20H24FN3O2/c1-15-7-8-19(16(2)13-15)26-14-22-20(25)24-11-9-23(10-12-24)18-6-4-3-5-17(18)21/h3-8,13H,9-12,14H2,1-2H3,(H,22,25). The number of para-hydroxylation sites is 1. The van der Waals surface area contributed by atoms with Crippen LogP contribution in [-0.4, -0.2) is 43.8 Å². The predicted molar refractivity (Wildman–Crippen MR) is 100 cm³/mol. The Balaban J connectivity index is 1.46. The van der Waals surface area contributed by atoms with Gasteiger partial charge in [0, 0.05) is 26.2 Å². The van der Waals surface area contributed by atoms with Crippen LogP contribution in [0.2, 0.25) is 0 Å². The van der Waals surface area contributed by atoms with Crippen molar-refractivity contribution >= 4 is 11.7 Å². The lowest BCUT2D eigenvalue weighted by atomic mass is 10.1. The molecule has 2 aromatic carbocycles. The molecular formula is C20H24FN3O2. The average molecular weight is 357 g/mol. The molecule has 0 atom stereocenters. The second-order valence-corrected chi connectivity index (χ2v) is 6.47. The lowest BCUT2D eigenvalue weighted by Crippen LogP contribution is -2.52. The highest BCUT2D eigenvalue weighted by atomic mass is 19.1. The number of urea groups is 1. The molecule has 1 heterocycles. The second kappa shape index (κ2) is 8.08. The van der Waals surface area contributed by atoms with Gasteiger partial charge in [0.1, 0.15) is 11.6 Å². The van der Waals surface area contributed by atoms with E-state index in [1.807, 2.05) is 43.0 Å². The van der Waals surface area contributed by atoms with Crippen molar-refractivity contribution < 1.29 is 13.9 Å². The number of nitrogens with one attached hydrogen (secondary N) is 1. The van der Waals surface area contributed by atoms with Crippen LogP contribution < -0.4 is 15.0 Å². The number of benzene rings is 2. The Morgan fingerprint density at radius 2 is 1.85 bits per heavy atom. The first kappa shape index (κ1) is 18.0. The van der Waals surface area contributed by atoms with Gasteiger partial charge in [-0.25, -0.2) is 9.18 Å². The Morgan fingerprint density at radius 3 is 2.54 bits per heavy atom. The van der Waals surface area contributed by atoms with Gasteiger partial charge in [-0.15, -0.1) is 0 Å². The number of carbonyl (C=O) groups is 1. The van der Waals surface area contributed by atoms with Gasteiger partial charge in [0.15, 0.2) is 6.73 Å². The van der Waals surface area contributed by atoms with Crippen LogP contribution in [0.5, 0.6) is 5.75 Å². The lowest BCUT2D eigenvalue weighted by Gasteiger charge is -2.36. The van der Waals surface area contributed by atoms with E-state index in [9.17, 15) is 9.18 Å². The topological polar surface area (TPSA) is 44.8 Å². The van der Waals surface area contributed by atoms with E-state index in [0.717, 1.165) is 11.3 Å². The van der Waals surface area contributed by atoms with Gasteiger partial charge in [-0.2, -0.15) is 0 Å². The van der Waals surface area contributed by atoms with Crippen molar-refractivity contribution in [3.63, 3.8) is 0 Å². The zero-order chi connectivity index (χ0) is 18.5. The fraction of sp³-hybridized carbons (Fsp3) is 0.350. The molecule has 0 bridgehead atoms. The maximum Gasteiger partial charge on any atom is 0.320 e. The highest BCUT2D eigenvalue weighted by Gasteiger charge is 2.22. The number of anilines is 1. The zero-order valence-electron chi connectivity index (χ0n) is 15.2. The van der Waals surface area contributed by atoms with E-state index in [1.165, 1.54) is 11.6 Å². The third-order valence-corrected chi connectivity index (χ3v) is 4.54. The fourth-order valence-corrected chi connectivity index (χ4v) is 3.11. The molecule has 2 amide bonds. The molecule has 0 spiro atoms. The summed E-state index contributed by atoms with van der Waals surface area (Å²) in [6.45, 7) is 6.42. The smallest absolute Gasteiger partial charge is 0.320 e. The zero-order valence-corrected chi connectivity index (χ0v) is 15.2. The van der Waals surface area contributed by atoms with E-state index in [-0.39, 0.29) is 18.6 Å². The Morgan fingerprint density at radius 1 is 1.12 bits per heavy atom. The number of aryl methyl sites for hydroxylation is 2. The fourth-order valence-electron chi connectivity index (χ4n) is 3.11. The molecule has 0 radical (unpaired) electrons. The van der Waals surface area contributed by atoms with Crippen molar-refractivity contribution in [3.8, 4) is 5.75 Å². The summed E-state index contributed by atoms with van der Waals surface area (Å²) in [6.07, 6.45) is 0. The third kappa shape index (κ3) is 4.25. The molecule has 2 aromatic rings. The molecule has 0 saturated carbocycles. The number of halogens is 1. The van der Waals surface area contributed by atoms with E-state index in [2.05, 4.69) is 5.32 Å². The van der Waals surface area contributed by atoms with E-state index >= 15 is 0 Å². The first-order valence-electron chi connectivity index (χ1n) is 8.77. The first-order chi connectivity index (χ1) is 12.5. The van der Waals surface area contributed by atoms with E-state index in [4.69, 9.17) is 4.74 Å². The molecule has 1 N–H and O–H groups in total. The van der Waals surface area contributed by atoms with E-state index in [1.54, 1.807) is 17.0 Å². The van der Waals surface area contributed by atoms with Gasteiger partial charge in [0.05, 0.1) is 5.69 Å². The minimum atomic E-state index is -0.229. The molecule has 5 nitrogen and oxygen atoms in total. The quantitative estimate of drug-likeness (QED) is 0.854. The van der Waals surface area contributed by atoms with Crippen LogP contribution in [0.25, 0.3) is 0 Å². The monoisotopic (exact) mass is 357 g/mol. The SMILES string of the molecule is Cc1ccc(OCNC(=O)N2CCN(c3ccccc3F)CC2)c(C)c1. The number of carbonyl (C=O) groups excluding carboxylic acids is 1. The maximum atomic E-state index is 13.9. The van der Waals surface area contributed by atoms with E-state index in [0.29, 0.717) is 31.9 Å². The second-order valence-electron chi connectivity index (χ2n) is 6.47. The van der Waals surface area contributed by atoms with Crippen molar-refractivity contribution in [1.29, 1.82) is 0 Å². The molecule has 1 saturated heterocycles. The Labute approximate surface area is 153 Å². The highest BCUT2D eigenvalue weighted by Crippen LogP contribution is 2.20. The Bertz CT molecular complexity index is 773. The van der Waals surface area contributed by atoms with Crippen molar-refractivity contribution in [1.82, 2.24) is 10.2 Å². The minimum Gasteiger partial charge on any atom is -0.473 e. The van der Waals surface area contributed by atoms with Crippen molar-refractivity contribution in [2.24, 2.45) is 0 Å². The number of piperazine rings is 1. The highest BCUT2D eigenvalue weighted by molar-refractivity contribution is 5.74. The van der Waals surface area contributed by atoms with Gasteiger partial charge in [-0.3, -0.25) is 0 Å². The van der Waals surface area contributed by atoms with Gasteiger partial charge < -0.3 is 19.9 Å². The number of ether oxygens (including phenoxy) is 1.